The molecule has 1 aliphatic heterocycles. The molecule has 0 bridgehead atoms. The van der Waals surface area contributed by atoms with Gasteiger partial charge in [-0.05, 0) is 44.9 Å². The highest BCUT2D eigenvalue weighted by Crippen LogP contribution is 2.28. The molecule has 1 amide bonds. The maximum atomic E-state index is 12.4. The second-order valence-corrected chi connectivity index (χ2v) is 5.49. The van der Waals surface area contributed by atoms with E-state index in [0.717, 1.165) is 38.5 Å². The van der Waals surface area contributed by atoms with Crippen LogP contribution in [0, 0.1) is 5.92 Å². The topological polar surface area (TPSA) is 83.6 Å². The number of aliphatic carboxylic acids is 1. The Bertz CT molecular complexity index is 324. The molecule has 1 saturated carbocycles. The zero-order valence-corrected chi connectivity index (χ0v) is 10.7. The maximum absolute atomic E-state index is 12.4. The van der Waals surface area contributed by atoms with Gasteiger partial charge < -0.3 is 15.7 Å². The van der Waals surface area contributed by atoms with E-state index in [9.17, 15) is 14.7 Å². The van der Waals surface area contributed by atoms with Crippen molar-refractivity contribution >= 4 is 11.9 Å². The minimum atomic E-state index is -0.865. The fourth-order valence-corrected chi connectivity index (χ4v) is 3.05. The Morgan fingerprint density at radius 2 is 1.72 bits per heavy atom. The molecule has 2 rings (SSSR count). The van der Waals surface area contributed by atoms with Crippen LogP contribution in [-0.4, -0.2) is 40.5 Å². The van der Waals surface area contributed by atoms with E-state index in [1.807, 2.05) is 0 Å². The predicted octanol–water partition coefficient (Wildman–Crippen LogP) is 0.970. The number of hydrogen-bond donors (Lipinski definition) is 2. The third-order valence-corrected chi connectivity index (χ3v) is 4.19. The molecule has 18 heavy (non-hydrogen) atoms. The fourth-order valence-electron chi connectivity index (χ4n) is 3.05. The summed E-state index contributed by atoms with van der Waals surface area (Å²) in [6, 6.07) is -0.396. The lowest BCUT2D eigenvalue weighted by Gasteiger charge is -2.37. The van der Waals surface area contributed by atoms with Gasteiger partial charge in [-0.15, -0.1) is 0 Å². The largest absolute Gasteiger partial charge is 0.480 e. The van der Waals surface area contributed by atoms with Crippen LogP contribution in [0.3, 0.4) is 0 Å². The smallest absolute Gasteiger partial charge is 0.326 e. The number of carbonyl (C=O) groups is 2. The van der Waals surface area contributed by atoms with Gasteiger partial charge in [-0.1, -0.05) is 0 Å². The van der Waals surface area contributed by atoms with E-state index in [1.165, 1.54) is 0 Å². The normalized spacial score (nSPS) is 33.2. The summed E-state index contributed by atoms with van der Waals surface area (Å²) in [4.78, 5) is 25.2. The highest BCUT2D eigenvalue weighted by atomic mass is 16.4. The van der Waals surface area contributed by atoms with Crippen molar-refractivity contribution in [3.8, 4) is 0 Å². The first kappa shape index (κ1) is 13.3. The van der Waals surface area contributed by atoms with Crippen LogP contribution < -0.4 is 5.73 Å². The Balaban J connectivity index is 2.00. The van der Waals surface area contributed by atoms with E-state index in [0.29, 0.717) is 13.0 Å². The van der Waals surface area contributed by atoms with E-state index in [2.05, 4.69) is 0 Å². The van der Waals surface area contributed by atoms with Crippen LogP contribution >= 0.6 is 0 Å². The van der Waals surface area contributed by atoms with Gasteiger partial charge in [0, 0.05) is 18.5 Å². The Kier molecular flexibility index (Phi) is 4.22. The molecule has 1 saturated heterocycles. The third-order valence-electron chi connectivity index (χ3n) is 4.19. The Hall–Kier alpha value is -1.10. The van der Waals surface area contributed by atoms with Gasteiger partial charge in [0.2, 0.25) is 5.91 Å². The number of carboxylic acids is 1. The molecule has 1 heterocycles. The molecule has 1 unspecified atom stereocenters. The van der Waals surface area contributed by atoms with Crippen LogP contribution in [0.4, 0.5) is 0 Å². The van der Waals surface area contributed by atoms with E-state index in [4.69, 9.17) is 5.73 Å². The quantitative estimate of drug-likeness (QED) is 0.769. The second-order valence-electron chi connectivity index (χ2n) is 5.49. The van der Waals surface area contributed by atoms with Gasteiger partial charge in [-0.2, -0.15) is 0 Å². The van der Waals surface area contributed by atoms with Crippen LogP contribution in [-0.2, 0) is 9.59 Å². The van der Waals surface area contributed by atoms with E-state index < -0.39 is 12.0 Å². The Morgan fingerprint density at radius 1 is 1.06 bits per heavy atom. The number of hydrogen-bond acceptors (Lipinski definition) is 3. The summed E-state index contributed by atoms with van der Waals surface area (Å²) in [5.74, 6) is -0.839. The molecular formula is C13H22N2O3. The van der Waals surface area contributed by atoms with E-state index in [-0.39, 0.29) is 17.9 Å². The van der Waals surface area contributed by atoms with Gasteiger partial charge in [-0.25, -0.2) is 4.79 Å². The van der Waals surface area contributed by atoms with Gasteiger partial charge in [0.15, 0.2) is 0 Å². The summed E-state index contributed by atoms with van der Waals surface area (Å²) >= 11 is 0. The van der Waals surface area contributed by atoms with Gasteiger partial charge in [0.1, 0.15) is 6.04 Å². The first-order chi connectivity index (χ1) is 8.59. The molecule has 3 N–H and O–H groups in total. The Morgan fingerprint density at radius 3 is 2.33 bits per heavy atom. The number of carboxylic acid groups (broad SMARTS) is 1. The lowest BCUT2D eigenvalue weighted by molar-refractivity contribution is -0.154. The third kappa shape index (κ3) is 2.83. The monoisotopic (exact) mass is 254 g/mol. The summed E-state index contributed by atoms with van der Waals surface area (Å²) < 4.78 is 0. The molecule has 0 aromatic carbocycles. The number of rotatable bonds is 2. The predicted molar refractivity (Wildman–Crippen MR) is 66.9 cm³/mol. The maximum Gasteiger partial charge on any atom is 0.326 e. The number of amides is 1. The van der Waals surface area contributed by atoms with Crippen LogP contribution in [0.15, 0.2) is 0 Å². The van der Waals surface area contributed by atoms with Gasteiger partial charge in [-0.3, -0.25) is 4.79 Å². The molecule has 1 atom stereocenters. The molecule has 1 aliphatic carbocycles. The first-order valence-electron chi connectivity index (χ1n) is 6.88. The zero-order chi connectivity index (χ0) is 13.1. The molecule has 0 aromatic rings. The Labute approximate surface area is 107 Å². The highest BCUT2D eigenvalue weighted by molar-refractivity contribution is 5.85. The lowest BCUT2D eigenvalue weighted by Crippen LogP contribution is -2.50. The van der Waals surface area contributed by atoms with Gasteiger partial charge in [0.05, 0.1) is 0 Å². The molecule has 5 heteroatoms. The van der Waals surface area contributed by atoms with Crippen molar-refractivity contribution in [2.24, 2.45) is 11.7 Å². The lowest BCUT2D eigenvalue weighted by atomic mass is 9.84. The highest BCUT2D eigenvalue weighted by Gasteiger charge is 2.36. The van der Waals surface area contributed by atoms with Gasteiger partial charge >= 0.3 is 5.97 Å². The molecule has 102 valence electrons. The minimum Gasteiger partial charge on any atom is -0.480 e. The summed E-state index contributed by atoms with van der Waals surface area (Å²) in [5.41, 5.74) is 5.83. The summed E-state index contributed by atoms with van der Waals surface area (Å²) in [5, 5.41) is 9.18. The SMILES string of the molecule is NC1CCC(C(=O)N2CCCCC2C(=O)O)CC1. The molecule has 2 fully saturated rings. The van der Waals surface area contributed by atoms with Crippen molar-refractivity contribution < 1.29 is 14.7 Å². The fraction of sp³-hybridized carbons (Fsp3) is 0.846. The van der Waals surface area contributed by atoms with Crippen LogP contribution in [0.2, 0.25) is 0 Å². The van der Waals surface area contributed by atoms with Crippen molar-refractivity contribution in [3.63, 3.8) is 0 Å². The van der Waals surface area contributed by atoms with Crippen molar-refractivity contribution in [1.82, 2.24) is 4.90 Å². The standard InChI is InChI=1S/C13H22N2O3/c14-10-6-4-9(5-7-10)12(16)15-8-2-1-3-11(15)13(17)18/h9-11H,1-8,14H2,(H,17,18). The average molecular weight is 254 g/mol. The number of likely N-dealkylation sites (tertiary alicyclic amines) is 1. The van der Waals surface area contributed by atoms with E-state index in [1.54, 1.807) is 4.90 Å². The molecule has 0 spiro atoms. The summed E-state index contributed by atoms with van der Waals surface area (Å²) in [6.45, 7) is 0.596. The van der Waals surface area contributed by atoms with Crippen LogP contribution in [0.1, 0.15) is 44.9 Å². The number of nitrogens with zero attached hydrogens (tertiary/aromatic N) is 1. The van der Waals surface area contributed by atoms with Gasteiger partial charge in [0.25, 0.3) is 0 Å². The van der Waals surface area contributed by atoms with Crippen LogP contribution in [0.5, 0.6) is 0 Å². The zero-order valence-electron chi connectivity index (χ0n) is 10.7. The van der Waals surface area contributed by atoms with E-state index >= 15 is 0 Å². The summed E-state index contributed by atoms with van der Waals surface area (Å²) in [7, 11) is 0. The molecule has 2 aliphatic rings. The van der Waals surface area contributed by atoms with Crippen molar-refractivity contribution in [3.05, 3.63) is 0 Å². The number of piperidine rings is 1. The first-order valence-corrected chi connectivity index (χ1v) is 6.88. The average Bonchev–Trinajstić information content (AvgIpc) is 2.39. The van der Waals surface area contributed by atoms with Crippen LogP contribution in [0.25, 0.3) is 0 Å². The number of carbonyl (C=O) groups excluding carboxylic acids is 1. The second kappa shape index (κ2) is 5.69. The molecular weight excluding hydrogens is 232 g/mol. The molecule has 0 radical (unpaired) electrons. The molecule has 5 nitrogen and oxygen atoms in total. The van der Waals surface area contributed by atoms with Crippen molar-refractivity contribution in [2.75, 3.05) is 6.54 Å². The molecule has 0 aromatic heterocycles. The number of nitrogens with two attached hydrogens (primary N) is 1. The summed E-state index contributed by atoms with van der Waals surface area (Å²) in [6.07, 6.45) is 5.78. The van der Waals surface area contributed by atoms with Crippen molar-refractivity contribution in [1.29, 1.82) is 0 Å². The minimum absolute atomic E-state index is 0.00949. The van der Waals surface area contributed by atoms with Crippen molar-refractivity contribution in [2.45, 2.75) is 57.0 Å².